The predicted octanol–water partition coefficient (Wildman–Crippen LogP) is 4.07. The minimum Gasteiger partial charge on any atom is -0.340 e. The van der Waals surface area contributed by atoms with E-state index < -0.39 is 0 Å². The summed E-state index contributed by atoms with van der Waals surface area (Å²) in [5.74, 6) is 1.07. The van der Waals surface area contributed by atoms with Gasteiger partial charge in [0.15, 0.2) is 5.82 Å². The van der Waals surface area contributed by atoms with E-state index in [-0.39, 0.29) is 11.9 Å². The molecule has 6 nitrogen and oxygen atoms in total. The summed E-state index contributed by atoms with van der Waals surface area (Å²) in [7, 11) is 0. The standard InChI is InChI=1S/C19H16ClN5O/c20-11-7-8-14-15(10-11)24-17(21-14)16-6-3-9-25(16)19(26)18-22-12-4-1-2-5-13(12)23-18/h1-2,4-5,7-8,10,16H,3,6,9H2,(H,21,24)(H,22,23). The van der Waals surface area contributed by atoms with Crippen molar-refractivity contribution < 1.29 is 4.79 Å². The monoisotopic (exact) mass is 365 g/mol. The van der Waals surface area contributed by atoms with Gasteiger partial charge in [-0.25, -0.2) is 9.97 Å². The summed E-state index contributed by atoms with van der Waals surface area (Å²) < 4.78 is 0. The number of carbonyl (C=O) groups is 1. The zero-order chi connectivity index (χ0) is 17.7. The van der Waals surface area contributed by atoms with Crippen LogP contribution in [-0.2, 0) is 0 Å². The number of carbonyl (C=O) groups excluding carboxylic acids is 1. The van der Waals surface area contributed by atoms with Crippen LogP contribution in [0, 0.1) is 0 Å². The maximum absolute atomic E-state index is 13.0. The number of nitrogens with zero attached hydrogens (tertiary/aromatic N) is 3. The zero-order valence-corrected chi connectivity index (χ0v) is 14.6. The van der Waals surface area contributed by atoms with Gasteiger partial charge in [-0.2, -0.15) is 0 Å². The average molecular weight is 366 g/mol. The molecule has 5 rings (SSSR count). The van der Waals surface area contributed by atoms with Crippen molar-refractivity contribution >= 4 is 39.6 Å². The summed E-state index contributed by atoms with van der Waals surface area (Å²) in [6.07, 6.45) is 1.81. The number of rotatable bonds is 2. The molecule has 26 heavy (non-hydrogen) atoms. The fraction of sp³-hybridized carbons (Fsp3) is 0.211. The van der Waals surface area contributed by atoms with Crippen molar-refractivity contribution in [2.75, 3.05) is 6.54 Å². The molecule has 2 aromatic heterocycles. The van der Waals surface area contributed by atoms with E-state index in [0.717, 1.165) is 40.7 Å². The first-order valence-electron chi connectivity index (χ1n) is 8.60. The minimum atomic E-state index is -0.0952. The molecule has 1 saturated heterocycles. The lowest BCUT2D eigenvalue weighted by Crippen LogP contribution is -2.31. The molecule has 4 aromatic rings. The van der Waals surface area contributed by atoms with Crippen molar-refractivity contribution in [3.63, 3.8) is 0 Å². The molecule has 7 heteroatoms. The fourth-order valence-electron chi connectivity index (χ4n) is 3.64. The van der Waals surface area contributed by atoms with Crippen LogP contribution in [0.4, 0.5) is 0 Å². The van der Waals surface area contributed by atoms with Crippen LogP contribution in [0.5, 0.6) is 0 Å². The molecule has 0 radical (unpaired) electrons. The number of halogens is 1. The van der Waals surface area contributed by atoms with Crippen molar-refractivity contribution in [3.8, 4) is 0 Å². The Morgan fingerprint density at radius 1 is 1.08 bits per heavy atom. The number of nitrogens with one attached hydrogen (secondary N) is 2. The van der Waals surface area contributed by atoms with Crippen LogP contribution in [0.1, 0.15) is 35.3 Å². The van der Waals surface area contributed by atoms with Crippen molar-refractivity contribution in [2.24, 2.45) is 0 Å². The number of aromatic nitrogens is 4. The third-order valence-corrected chi connectivity index (χ3v) is 5.12. The van der Waals surface area contributed by atoms with Crippen molar-refractivity contribution in [2.45, 2.75) is 18.9 Å². The van der Waals surface area contributed by atoms with Gasteiger partial charge in [0.25, 0.3) is 5.91 Å². The highest BCUT2D eigenvalue weighted by Gasteiger charge is 2.34. The molecule has 0 spiro atoms. The van der Waals surface area contributed by atoms with Crippen LogP contribution < -0.4 is 0 Å². The van der Waals surface area contributed by atoms with Gasteiger partial charge in [-0.05, 0) is 43.2 Å². The van der Waals surface area contributed by atoms with E-state index in [0.29, 0.717) is 17.4 Å². The topological polar surface area (TPSA) is 77.7 Å². The van der Waals surface area contributed by atoms with Gasteiger partial charge in [0.2, 0.25) is 0 Å². The van der Waals surface area contributed by atoms with Crippen molar-refractivity contribution in [1.82, 2.24) is 24.8 Å². The largest absolute Gasteiger partial charge is 0.340 e. The van der Waals surface area contributed by atoms with Gasteiger partial charge in [-0.3, -0.25) is 4.79 Å². The van der Waals surface area contributed by atoms with E-state index in [1.54, 1.807) is 0 Å². The third kappa shape index (κ3) is 2.45. The van der Waals surface area contributed by atoms with Gasteiger partial charge in [0.1, 0.15) is 5.82 Å². The molecule has 1 aliphatic heterocycles. The van der Waals surface area contributed by atoms with Gasteiger partial charge in [-0.1, -0.05) is 23.7 Å². The normalized spacial score (nSPS) is 17.4. The van der Waals surface area contributed by atoms with Crippen LogP contribution in [0.2, 0.25) is 5.02 Å². The zero-order valence-electron chi connectivity index (χ0n) is 13.9. The van der Waals surface area contributed by atoms with E-state index in [1.807, 2.05) is 47.4 Å². The first-order valence-corrected chi connectivity index (χ1v) is 8.98. The molecule has 1 unspecified atom stereocenters. The number of hydrogen-bond donors (Lipinski definition) is 2. The van der Waals surface area contributed by atoms with Crippen LogP contribution in [-0.4, -0.2) is 37.3 Å². The van der Waals surface area contributed by atoms with Crippen molar-refractivity contribution in [3.05, 3.63) is 59.1 Å². The lowest BCUT2D eigenvalue weighted by Gasteiger charge is -2.22. The number of imidazole rings is 2. The molecule has 1 aliphatic rings. The van der Waals surface area contributed by atoms with Crippen LogP contribution in [0.15, 0.2) is 42.5 Å². The average Bonchev–Trinajstić information content (AvgIpc) is 3.36. The van der Waals surface area contributed by atoms with Crippen LogP contribution in [0.25, 0.3) is 22.1 Å². The predicted molar refractivity (Wildman–Crippen MR) is 100 cm³/mol. The SMILES string of the molecule is O=C(c1nc2ccccc2[nH]1)N1CCCC1c1nc2ccc(Cl)cc2[nH]1. The Bertz CT molecular complexity index is 1100. The second-order valence-electron chi connectivity index (χ2n) is 6.54. The Morgan fingerprint density at radius 3 is 2.81 bits per heavy atom. The maximum atomic E-state index is 13.0. The molecule has 3 heterocycles. The summed E-state index contributed by atoms with van der Waals surface area (Å²) in [6.45, 7) is 0.693. The first-order chi connectivity index (χ1) is 12.7. The summed E-state index contributed by atoms with van der Waals surface area (Å²) in [5, 5.41) is 0.661. The highest BCUT2D eigenvalue weighted by molar-refractivity contribution is 6.31. The number of aromatic amines is 2. The van der Waals surface area contributed by atoms with Gasteiger partial charge in [0.05, 0.1) is 28.1 Å². The molecule has 0 saturated carbocycles. The number of H-pyrrole nitrogens is 2. The molecule has 1 atom stereocenters. The first kappa shape index (κ1) is 15.4. The lowest BCUT2D eigenvalue weighted by molar-refractivity contribution is 0.0719. The van der Waals surface area contributed by atoms with Crippen LogP contribution >= 0.6 is 11.6 Å². The number of hydrogen-bond acceptors (Lipinski definition) is 3. The highest BCUT2D eigenvalue weighted by atomic mass is 35.5. The summed E-state index contributed by atoms with van der Waals surface area (Å²) in [5.41, 5.74) is 3.40. The molecule has 1 fully saturated rings. The number of fused-ring (bicyclic) bond motifs is 2. The molecular weight excluding hydrogens is 350 g/mol. The second-order valence-corrected chi connectivity index (χ2v) is 6.98. The second kappa shape index (κ2) is 5.85. The molecule has 2 N–H and O–H groups in total. The number of likely N-dealkylation sites (tertiary alicyclic amines) is 1. The number of para-hydroxylation sites is 2. The smallest absolute Gasteiger partial charge is 0.290 e. The fourth-order valence-corrected chi connectivity index (χ4v) is 3.82. The molecule has 2 aromatic carbocycles. The Labute approximate surface area is 154 Å². The van der Waals surface area contributed by atoms with E-state index in [2.05, 4.69) is 19.9 Å². The summed E-state index contributed by atoms with van der Waals surface area (Å²) in [6, 6.07) is 13.1. The molecule has 1 amide bonds. The van der Waals surface area contributed by atoms with E-state index in [1.165, 1.54) is 0 Å². The molecule has 0 aliphatic carbocycles. The van der Waals surface area contributed by atoms with Gasteiger partial charge >= 0.3 is 0 Å². The quantitative estimate of drug-likeness (QED) is 0.562. The van der Waals surface area contributed by atoms with E-state index >= 15 is 0 Å². The van der Waals surface area contributed by atoms with E-state index in [4.69, 9.17) is 11.6 Å². The lowest BCUT2D eigenvalue weighted by atomic mass is 10.2. The highest BCUT2D eigenvalue weighted by Crippen LogP contribution is 2.33. The van der Waals surface area contributed by atoms with Crippen LogP contribution in [0.3, 0.4) is 0 Å². The Hall–Kier alpha value is -2.86. The Balaban J connectivity index is 1.50. The molecule has 0 bridgehead atoms. The summed E-state index contributed by atoms with van der Waals surface area (Å²) in [4.78, 5) is 30.4. The number of benzene rings is 2. The minimum absolute atomic E-state index is 0.0816. The summed E-state index contributed by atoms with van der Waals surface area (Å²) >= 11 is 6.06. The van der Waals surface area contributed by atoms with Gasteiger partial charge < -0.3 is 14.9 Å². The van der Waals surface area contributed by atoms with Gasteiger partial charge in [-0.15, -0.1) is 0 Å². The van der Waals surface area contributed by atoms with Gasteiger partial charge in [0, 0.05) is 11.6 Å². The number of amides is 1. The van der Waals surface area contributed by atoms with E-state index in [9.17, 15) is 4.79 Å². The Morgan fingerprint density at radius 2 is 1.92 bits per heavy atom. The van der Waals surface area contributed by atoms with Crippen molar-refractivity contribution in [1.29, 1.82) is 0 Å². The molecule has 130 valence electrons. The maximum Gasteiger partial charge on any atom is 0.290 e. The molecular formula is C19H16ClN5O. The third-order valence-electron chi connectivity index (χ3n) is 4.88. The Kier molecular flexibility index (Phi) is 3.46.